The summed E-state index contributed by atoms with van der Waals surface area (Å²) in [5, 5.41) is 2.69. The van der Waals surface area contributed by atoms with E-state index in [1.807, 2.05) is 0 Å². The van der Waals surface area contributed by atoms with E-state index in [0.717, 1.165) is 21.1 Å². The summed E-state index contributed by atoms with van der Waals surface area (Å²) in [6.45, 7) is -0.197. The summed E-state index contributed by atoms with van der Waals surface area (Å²) in [7, 11) is -5.78. The monoisotopic (exact) mass is 505 g/mol. The minimum Gasteiger partial charge on any atom is -0.322 e. The van der Waals surface area contributed by atoms with Gasteiger partial charge in [-0.05, 0) is 48.5 Å². The van der Waals surface area contributed by atoms with Crippen molar-refractivity contribution in [2.45, 2.75) is 6.54 Å². The van der Waals surface area contributed by atoms with Gasteiger partial charge in [-0.1, -0.05) is 24.3 Å². The first-order valence-corrected chi connectivity index (χ1v) is 13.7. The number of sulfonamides is 2. The molecule has 0 aliphatic rings. The molecule has 0 heterocycles. The number of benzene rings is 3. The largest absolute Gasteiger partial charge is 0.322 e. The van der Waals surface area contributed by atoms with Crippen molar-refractivity contribution in [2.24, 2.45) is 0 Å². The molecule has 0 aliphatic heterocycles. The van der Waals surface area contributed by atoms with Crippen LogP contribution in [0.25, 0.3) is 0 Å². The third kappa shape index (κ3) is 6.12. The fourth-order valence-electron chi connectivity index (χ4n) is 3.13. The number of hydrogen-bond acceptors (Lipinski definition) is 5. The van der Waals surface area contributed by atoms with Crippen molar-refractivity contribution in [1.29, 1.82) is 0 Å². The number of carbonyl (C=O) groups excluding carboxylic acids is 1. The normalized spacial score (nSPS) is 11.6. The van der Waals surface area contributed by atoms with E-state index < -0.39 is 31.8 Å². The van der Waals surface area contributed by atoms with Crippen LogP contribution in [0.1, 0.15) is 15.9 Å². The van der Waals surface area contributed by atoms with Crippen LogP contribution in [0.5, 0.6) is 0 Å². The number of amides is 1. The van der Waals surface area contributed by atoms with Gasteiger partial charge in [0.15, 0.2) is 0 Å². The van der Waals surface area contributed by atoms with Gasteiger partial charge in [0.25, 0.3) is 5.91 Å². The Kier molecular flexibility index (Phi) is 7.27. The Balaban J connectivity index is 1.80. The van der Waals surface area contributed by atoms with Gasteiger partial charge in [-0.15, -0.1) is 0 Å². The molecule has 1 N–H and O–H groups in total. The zero-order chi connectivity index (χ0) is 25.1. The molecule has 0 saturated carbocycles. The highest BCUT2D eigenvalue weighted by Gasteiger charge is 2.20. The van der Waals surface area contributed by atoms with Gasteiger partial charge >= 0.3 is 0 Å². The fraction of sp³-hybridized carbons (Fsp3) is 0.174. The number of hydrogen-bond donors (Lipinski definition) is 1. The van der Waals surface area contributed by atoms with E-state index in [9.17, 15) is 26.0 Å². The van der Waals surface area contributed by atoms with Crippen molar-refractivity contribution < 1.29 is 26.0 Å². The SMILES string of the molecule is CN(c1cccc(NC(=O)c2ccc(N(Cc3ccccc3F)S(C)(=O)=O)cc2)c1)S(C)(=O)=O. The molecule has 0 unspecified atom stereocenters. The lowest BCUT2D eigenvalue weighted by Gasteiger charge is -2.23. The van der Waals surface area contributed by atoms with E-state index >= 15 is 0 Å². The lowest BCUT2D eigenvalue weighted by Crippen LogP contribution is -2.29. The standard InChI is InChI=1S/C23H24FN3O5S2/c1-26(33(2,29)30)21-9-6-8-19(15-21)25-23(28)17-11-13-20(14-12-17)27(34(3,31)32)16-18-7-4-5-10-22(18)24/h4-15H,16H2,1-3H3,(H,25,28). The molecule has 0 aromatic heterocycles. The minimum absolute atomic E-state index is 0.197. The molecule has 0 aliphatic carbocycles. The molecule has 8 nitrogen and oxygen atoms in total. The van der Waals surface area contributed by atoms with E-state index in [2.05, 4.69) is 5.32 Å². The molecule has 0 saturated heterocycles. The van der Waals surface area contributed by atoms with Crippen LogP contribution in [-0.4, -0.2) is 42.3 Å². The third-order valence-corrected chi connectivity index (χ3v) is 7.40. The molecule has 0 radical (unpaired) electrons. The van der Waals surface area contributed by atoms with Gasteiger partial charge in [-0.2, -0.15) is 0 Å². The molecule has 0 bridgehead atoms. The fourth-order valence-corrected chi connectivity index (χ4v) is 4.51. The number of carbonyl (C=O) groups is 1. The van der Waals surface area contributed by atoms with Crippen LogP contribution in [0.4, 0.5) is 21.5 Å². The highest BCUT2D eigenvalue weighted by molar-refractivity contribution is 7.92. The highest BCUT2D eigenvalue weighted by Crippen LogP contribution is 2.24. The molecule has 11 heteroatoms. The molecular weight excluding hydrogens is 481 g/mol. The number of nitrogens with zero attached hydrogens (tertiary/aromatic N) is 2. The summed E-state index contributed by atoms with van der Waals surface area (Å²) in [6.07, 6.45) is 2.10. The zero-order valence-electron chi connectivity index (χ0n) is 18.8. The maximum atomic E-state index is 14.1. The second-order valence-electron chi connectivity index (χ2n) is 7.64. The first kappa shape index (κ1) is 25.2. The van der Waals surface area contributed by atoms with Crippen molar-refractivity contribution in [1.82, 2.24) is 0 Å². The van der Waals surface area contributed by atoms with Crippen LogP contribution in [0.15, 0.2) is 72.8 Å². The number of halogens is 1. The molecule has 0 atom stereocenters. The Morgan fingerprint density at radius 3 is 2.09 bits per heavy atom. The van der Waals surface area contributed by atoms with Gasteiger partial charge in [0.1, 0.15) is 5.82 Å². The number of nitrogens with one attached hydrogen (secondary N) is 1. The highest BCUT2D eigenvalue weighted by atomic mass is 32.2. The second-order valence-corrected chi connectivity index (χ2v) is 11.6. The van der Waals surface area contributed by atoms with Gasteiger partial charge in [-0.25, -0.2) is 21.2 Å². The molecule has 0 spiro atoms. The molecule has 180 valence electrons. The van der Waals surface area contributed by atoms with E-state index in [1.54, 1.807) is 24.3 Å². The maximum Gasteiger partial charge on any atom is 0.255 e. The Morgan fingerprint density at radius 1 is 0.853 bits per heavy atom. The molecule has 34 heavy (non-hydrogen) atoms. The molecule has 3 rings (SSSR count). The van der Waals surface area contributed by atoms with Crippen molar-refractivity contribution in [3.8, 4) is 0 Å². The van der Waals surface area contributed by atoms with Crippen molar-refractivity contribution in [3.05, 3.63) is 89.7 Å². The Bertz CT molecular complexity index is 1410. The molecular formula is C23H24FN3O5S2. The van der Waals surface area contributed by atoms with Crippen LogP contribution in [-0.2, 0) is 26.6 Å². The second kappa shape index (κ2) is 9.82. The van der Waals surface area contributed by atoms with Crippen LogP contribution >= 0.6 is 0 Å². The predicted molar refractivity (Wildman–Crippen MR) is 132 cm³/mol. The van der Waals surface area contributed by atoms with Crippen molar-refractivity contribution in [3.63, 3.8) is 0 Å². The predicted octanol–water partition coefficient (Wildman–Crippen LogP) is 3.44. The summed E-state index contributed by atoms with van der Waals surface area (Å²) in [5.74, 6) is -0.985. The van der Waals surface area contributed by atoms with Crippen molar-refractivity contribution >= 4 is 43.0 Å². The van der Waals surface area contributed by atoms with E-state index in [0.29, 0.717) is 11.4 Å². The summed E-state index contributed by atoms with van der Waals surface area (Å²) >= 11 is 0. The minimum atomic E-state index is -3.73. The molecule has 3 aromatic rings. The summed E-state index contributed by atoms with van der Waals surface area (Å²) in [6, 6.07) is 18.1. The smallest absolute Gasteiger partial charge is 0.255 e. The Hall–Kier alpha value is -3.44. The molecule has 1 amide bonds. The summed E-state index contributed by atoms with van der Waals surface area (Å²) in [4.78, 5) is 12.7. The van der Waals surface area contributed by atoms with Gasteiger partial charge in [-0.3, -0.25) is 13.4 Å². The Labute approximate surface area is 198 Å². The van der Waals surface area contributed by atoms with Gasteiger partial charge < -0.3 is 5.32 Å². The van der Waals surface area contributed by atoms with Crippen LogP contribution in [0.3, 0.4) is 0 Å². The average molecular weight is 506 g/mol. The zero-order valence-corrected chi connectivity index (χ0v) is 20.4. The summed E-state index contributed by atoms with van der Waals surface area (Å²) in [5.41, 5.74) is 1.52. The molecule has 3 aromatic carbocycles. The van der Waals surface area contributed by atoms with E-state index in [4.69, 9.17) is 0 Å². The lowest BCUT2D eigenvalue weighted by molar-refractivity contribution is 0.102. The first-order chi connectivity index (χ1) is 15.9. The van der Waals surface area contributed by atoms with Crippen LogP contribution in [0, 0.1) is 5.82 Å². The molecule has 0 fully saturated rings. The van der Waals surface area contributed by atoms with Gasteiger partial charge in [0, 0.05) is 23.9 Å². The average Bonchev–Trinajstić information content (AvgIpc) is 2.77. The van der Waals surface area contributed by atoms with Crippen molar-refractivity contribution in [2.75, 3.05) is 33.5 Å². The van der Waals surface area contributed by atoms with E-state index in [-0.39, 0.29) is 23.4 Å². The first-order valence-electron chi connectivity index (χ1n) is 10.0. The number of rotatable bonds is 8. The van der Waals surface area contributed by atoms with Gasteiger partial charge in [0.05, 0.1) is 30.4 Å². The topological polar surface area (TPSA) is 104 Å². The van der Waals surface area contributed by atoms with Crippen LogP contribution in [0.2, 0.25) is 0 Å². The quantitative estimate of drug-likeness (QED) is 0.505. The Morgan fingerprint density at radius 2 is 1.50 bits per heavy atom. The lowest BCUT2D eigenvalue weighted by atomic mass is 10.1. The maximum absolute atomic E-state index is 14.1. The third-order valence-electron chi connectivity index (χ3n) is 5.05. The van der Waals surface area contributed by atoms with Crippen LogP contribution < -0.4 is 13.9 Å². The number of anilines is 3. The van der Waals surface area contributed by atoms with E-state index in [1.165, 1.54) is 55.6 Å². The summed E-state index contributed by atoms with van der Waals surface area (Å²) < 4.78 is 64.4. The van der Waals surface area contributed by atoms with Gasteiger partial charge in [0.2, 0.25) is 20.0 Å².